The molecule has 1 aromatic carbocycles. The van der Waals surface area contributed by atoms with Crippen LogP contribution in [0.1, 0.15) is 12.0 Å². The molecule has 1 atom stereocenters. The standard InChI is InChI=1S/C12H15BrN2O3S/c1-8-3-2-4-10(12(8)13)15-6-9(5-11(15)16)7-19(14,17)18/h2-4,9H,5-7H2,1H3,(H2,14,17,18). The second-order valence-corrected chi connectivity index (χ2v) is 7.26. The molecule has 1 amide bonds. The van der Waals surface area contributed by atoms with Crippen LogP contribution in [0.15, 0.2) is 22.7 Å². The Balaban J connectivity index is 2.23. The van der Waals surface area contributed by atoms with Crippen LogP contribution in [0.4, 0.5) is 5.69 Å². The van der Waals surface area contributed by atoms with Crippen molar-refractivity contribution in [1.29, 1.82) is 0 Å². The van der Waals surface area contributed by atoms with Gasteiger partial charge in [0.05, 0.1) is 11.4 Å². The molecule has 2 rings (SSSR count). The van der Waals surface area contributed by atoms with Crippen LogP contribution in [0.3, 0.4) is 0 Å². The highest BCUT2D eigenvalue weighted by Gasteiger charge is 2.33. The first-order valence-corrected chi connectivity index (χ1v) is 8.34. The monoisotopic (exact) mass is 346 g/mol. The van der Waals surface area contributed by atoms with Gasteiger partial charge in [-0.1, -0.05) is 12.1 Å². The zero-order valence-electron chi connectivity index (χ0n) is 10.5. The minimum atomic E-state index is -3.55. The lowest BCUT2D eigenvalue weighted by atomic mass is 10.1. The number of primary sulfonamides is 1. The Labute approximate surface area is 121 Å². The number of hydrogen-bond acceptors (Lipinski definition) is 3. The van der Waals surface area contributed by atoms with Crippen LogP contribution in [0.5, 0.6) is 0 Å². The third-order valence-corrected chi connectivity index (χ3v) is 5.10. The maximum Gasteiger partial charge on any atom is 0.227 e. The first-order valence-electron chi connectivity index (χ1n) is 5.84. The van der Waals surface area contributed by atoms with Crippen molar-refractivity contribution in [2.75, 3.05) is 17.2 Å². The Morgan fingerprint density at radius 1 is 1.47 bits per heavy atom. The molecular formula is C12H15BrN2O3S. The summed E-state index contributed by atoms with van der Waals surface area (Å²) in [6.07, 6.45) is 0.219. The van der Waals surface area contributed by atoms with E-state index in [1.54, 1.807) is 4.90 Å². The predicted molar refractivity (Wildman–Crippen MR) is 77.3 cm³/mol. The van der Waals surface area contributed by atoms with E-state index in [-0.39, 0.29) is 24.0 Å². The van der Waals surface area contributed by atoms with E-state index in [2.05, 4.69) is 15.9 Å². The largest absolute Gasteiger partial charge is 0.311 e. The van der Waals surface area contributed by atoms with Crippen molar-refractivity contribution < 1.29 is 13.2 Å². The molecule has 0 aromatic heterocycles. The molecule has 0 spiro atoms. The summed E-state index contributed by atoms with van der Waals surface area (Å²) in [7, 11) is -3.55. The number of carbonyl (C=O) groups excluding carboxylic acids is 1. The predicted octanol–water partition coefficient (Wildman–Crippen LogP) is 1.40. The molecule has 1 aliphatic rings. The van der Waals surface area contributed by atoms with Gasteiger partial charge >= 0.3 is 0 Å². The molecular weight excluding hydrogens is 332 g/mol. The molecule has 1 aliphatic heterocycles. The third kappa shape index (κ3) is 3.34. The van der Waals surface area contributed by atoms with E-state index in [1.165, 1.54) is 0 Å². The van der Waals surface area contributed by atoms with Gasteiger partial charge in [0.1, 0.15) is 0 Å². The van der Waals surface area contributed by atoms with E-state index < -0.39 is 10.0 Å². The number of aryl methyl sites for hydroxylation is 1. The highest BCUT2D eigenvalue weighted by molar-refractivity contribution is 9.10. The Morgan fingerprint density at radius 2 is 2.16 bits per heavy atom. The average molecular weight is 347 g/mol. The fourth-order valence-electron chi connectivity index (χ4n) is 2.29. The molecule has 1 fully saturated rings. The molecule has 1 unspecified atom stereocenters. The number of halogens is 1. The lowest BCUT2D eigenvalue weighted by Crippen LogP contribution is -2.27. The topological polar surface area (TPSA) is 80.5 Å². The summed E-state index contributed by atoms with van der Waals surface area (Å²) in [4.78, 5) is 13.6. The summed E-state index contributed by atoms with van der Waals surface area (Å²) < 4.78 is 23.1. The van der Waals surface area contributed by atoms with Crippen LogP contribution in [0.25, 0.3) is 0 Å². The number of amides is 1. The lowest BCUT2D eigenvalue weighted by Gasteiger charge is -2.19. The summed E-state index contributed by atoms with van der Waals surface area (Å²) in [5, 5.41) is 5.03. The number of hydrogen-bond donors (Lipinski definition) is 1. The third-order valence-electron chi connectivity index (χ3n) is 3.14. The van der Waals surface area contributed by atoms with Gasteiger partial charge in [0.15, 0.2) is 0 Å². The Morgan fingerprint density at radius 3 is 2.79 bits per heavy atom. The highest BCUT2D eigenvalue weighted by atomic mass is 79.9. The molecule has 0 aliphatic carbocycles. The van der Waals surface area contributed by atoms with E-state index in [0.29, 0.717) is 6.54 Å². The van der Waals surface area contributed by atoms with E-state index in [9.17, 15) is 13.2 Å². The second-order valence-electron chi connectivity index (χ2n) is 4.81. The fraction of sp³-hybridized carbons (Fsp3) is 0.417. The molecule has 0 saturated carbocycles. The zero-order chi connectivity index (χ0) is 14.2. The SMILES string of the molecule is Cc1cccc(N2CC(CS(N)(=O)=O)CC2=O)c1Br. The number of nitrogens with zero attached hydrogens (tertiary/aromatic N) is 1. The lowest BCUT2D eigenvalue weighted by molar-refractivity contribution is -0.117. The quantitative estimate of drug-likeness (QED) is 0.898. The summed E-state index contributed by atoms with van der Waals surface area (Å²) in [6, 6.07) is 5.65. The zero-order valence-corrected chi connectivity index (χ0v) is 12.9. The molecule has 104 valence electrons. The number of benzene rings is 1. The first-order chi connectivity index (χ1) is 8.78. The normalized spacial score (nSPS) is 20.1. The van der Waals surface area contributed by atoms with Gasteiger partial charge in [0.25, 0.3) is 0 Å². The molecule has 0 radical (unpaired) electrons. The van der Waals surface area contributed by atoms with Gasteiger partial charge in [0, 0.05) is 23.4 Å². The molecule has 19 heavy (non-hydrogen) atoms. The van der Waals surface area contributed by atoms with E-state index >= 15 is 0 Å². The molecule has 1 saturated heterocycles. The van der Waals surface area contributed by atoms with E-state index in [4.69, 9.17) is 5.14 Å². The van der Waals surface area contributed by atoms with Gasteiger partial charge in [-0.05, 0) is 34.5 Å². The van der Waals surface area contributed by atoms with Gasteiger partial charge < -0.3 is 4.90 Å². The van der Waals surface area contributed by atoms with Crippen LogP contribution in [-0.2, 0) is 14.8 Å². The van der Waals surface area contributed by atoms with Crippen molar-refractivity contribution in [2.45, 2.75) is 13.3 Å². The number of sulfonamides is 1. The highest BCUT2D eigenvalue weighted by Crippen LogP contribution is 2.33. The summed E-state index contributed by atoms with van der Waals surface area (Å²) in [6.45, 7) is 2.33. The molecule has 7 heteroatoms. The molecule has 0 bridgehead atoms. The Kier molecular flexibility index (Phi) is 3.98. The van der Waals surface area contributed by atoms with Gasteiger partial charge in [-0.15, -0.1) is 0 Å². The minimum absolute atomic E-state index is 0.0695. The molecule has 2 N–H and O–H groups in total. The average Bonchev–Trinajstić information content (AvgIpc) is 2.61. The number of rotatable bonds is 3. The van der Waals surface area contributed by atoms with Gasteiger partial charge in [0.2, 0.25) is 15.9 Å². The van der Waals surface area contributed by atoms with Crippen LogP contribution < -0.4 is 10.0 Å². The van der Waals surface area contributed by atoms with Crippen LogP contribution in [0.2, 0.25) is 0 Å². The maximum atomic E-state index is 12.0. The molecule has 5 nitrogen and oxygen atoms in total. The van der Waals surface area contributed by atoms with Crippen molar-refractivity contribution in [1.82, 2.24) is 0 Å². The van der Waals surface area contributed by atoms with Crippen LogP contribution in [-0.4, -0.2) is 26.6 Å². The van der Waals surface area contributed by atoms with Gasteiger partial charge in [-0.3, -0.25) is 4.79 Å². The van der Waals surface area contributed by atoms with Gasteiger partial charge in [-0.25, -0.2) is 13.6 Å². The Hall–Kier alpha value is -0.920. The Bertz CT molecular complexity index is 615. The minimum Gasteiger partial charge on any atom is -0.311 e. The first kappa shape index (κ1) is 14.5. The van der Waals surface area contributed by atoms with Crippen molar-refractivity contribution in [3.8, 4) is 0 Å². The second kappa shape index (κ2) is 5.22. The number of anilines is 1. The van der Waals surface area contributed by atoms with E-state index in [1.807, 2.05) is 25.1 Å². The summed E-state index contributed by atoms with van der Waals surface area (Å²) in [5.74, 6) is -0.464. The summed E-state index contributed by atoms with van der Waals surface area (Å²) >= 11 is 3.46. The van der Waals surface area contributed by atoms with Crippen molar-refractivity contribution in [3.63, 3.8) is 0 Å². The van der Waals surface area contributed by atoms with Gasteiger partial charge in [-0.2, -0.15) is 0 Å². The van der Waals surface area contributed by atoms with E-state index in [0.717, 1.165) is 15.7 Å². The number of nitrogens with two attached hydrogens (primary N) is 1. The fourth-order valence-corrected chi connectivity index (χ4v) is 3.65. The molecule has 1 aromatic rings. The number of carbonyl (C=O) groups is 1. The van der Waals surface area contributed by atoms with Crippen LogP contribution >= 0.6 is 15.9 Å². The van der Waals surface area contributed by atoms with Crippen molar-refractivity contribution in [2.24, 2.45) is 11.1 Å². The van der Waals surface area contributed by atoms with Crippen molar-refractivity contribution in [3.05, 3.63) is 28.2 Å². The smallest absolute Gasteiger partial charge is 0.227 e. The molecule has 1 heterocycles. The maximum absolute atomic E-state index is 12.0. The van der Waals surface area contributed by atoms with Crippen molar-refractivity contribution >= 4 is 37.5 Å². The van der Waals surface area contributed by atoms with Crippen LogP contribution in [0, 0.1) is 12.8 Å². The summed E-state index contributed by atoms with van der Waals surface area (Å²) in [5.41, 5.74) is 1.81.